The minimum Gasteiger partial charge on any atom is -0.493 e. The van der Waals surface area contributed by atoms with Gasteiger partial charge in [-0.2, -0.15) is 4.98 Å². The summed E-state index contributed by atoms with van der Waals surface area (Å²) >= 11 is 0. The highest BCUT2D eigenvalue weighted by Gasteiger charge is 2.23. The lowest BCUT2D eigenvalue weighted by molar-refractivity contribution is -0.140. The number of hydrogen-bond acceptors (Lipinski definition) is 11. The molecule has 4 aromatic rings. The minimum atomic E-state index is -4.02. The first-order valence-corrected chi connectivity index (χ1v) is 13.7. The molecular weight excluding hydrogens is 550 g/mol. The van der Waals surface area contributed by atoms with Gasteiger partial charge in [-0.1, -0.05) is 42.5 Å². The third-order valence-electron chi connectivity index (χ3n) is 4.90. The van der Waals surface area contributed by atoms with Gasteiger partial charge >= 0.3 is 5.97 Å². The van der Waals surface area contributed by atoms with Crippen molar-refractivity contribution in [3.8, 4) is 34.8 Å². The second kappa shape index (κ2) is 14.9. The van der Waals surface area contributed by atoms with Crippen LogP contribution in [0.4, 0.5) is 5.82 Å². The smallest absolute Gasteiger partial charge is 0.302 e. The molecule has 1 N–H and O–H groups in total. The molecule has 0 spiro atoms. The van der Waals surface area contributed by atoms with Crippen LogP contribution in [0, 0.1) is 0 Å². The van der Waals surface area contributed by atoms with Crippen molar-refractivity contribution in [1.29, 1.82) is 0 Å². The summed E-state index contributed by atoms with van der Waals surface area (Å²) in [6, 6.07) is 17.5. The quantitative estimate of drug-likeness (QED) is 0.260. The fraction of sp³-hybridized carbons (Fsp3) is 0.179. The number of rotatable bonds is 10. The predicted molar refractivity (Wildman–Crippen MR) is 153 cm³/mol. The van der Waals surface area contributed by atoms with Gasteiger partial charge in [0.2, 0.25) is 11.6 Å². The van der Waals surface area contributed by atoms with Crippen molar-refractivity contribution in [2.24, 2.45) is 0 Å². The monoisotopic (exact) mass is 579 g/mol. The van der Waals surface area contributed by atoms with E-state index in [9.17, 15) is 13.2 Å². The van der Waals surface area contributed by atoms with Crippen LogP contribution in [0.1, 0.15) is 19.4 Å². The summed E-state index contributed by atoms with van der Waals surface area (Å²) in [6.07, 6.45) is 4.50. The van der Waals surface area contributed by atoms with Crippen molar-refractivity contribution in [2.75, 3.05) is 25.5 Å². The Bertz CT molecular complexity index is 1570. The number of carbonyl (C=O) groups excluding carboxylic acids is 1. The number of benzene rings is 2. The number of methoxy groups -OCH3 is 2. The van der Waals surface area contributed by atoms with Gasteiger partial charge in [0, 0.05) is 19.3 Å². The average Bonchev–Trinajstić information content (AvgIpc) is 2.98. The van der Waals surface area contributed by atoms with Crippen molar-refractivity contribution >= 4 is 27.9 Å². The molecule has 2 aromatic carbocycles. The van der Waals surface area contributed by atoms with E-state index in [1.54, 1.807) is 61.5 Å². The standard InChI is InChI=1S/C24H21N5O5S.C4H8O2/c1-32-18-11-6-7-12-19(18)34-20-21(29-35(30,31)16-13-17-9-4-3-5-10-17)27-23(28-24(20)33-2)22-25-14-8-15-26-22;1-3-6-4(2)5/h3-16H,1-2H3,(H,27,28,29);3H2,1-2H3. The molecule has 2 aromatic heterocycles. The third-order valence-corrected chi connectivity index (χ3v) is 5.87. The molecule has 0 radical (unpaired) electrons. The van der Waals surface area contributed by atoms with Crippen molar-refractivity contribution < 1.29 is 32.2 Å². The second-order valence-corrected chi connectivity index (χ2v) is 9.41. The van der Waals surface area contributed by atoms with Crippen molar-refractivity contribution in [3.05, 3.63) is 84.0 Å². The maximum atomic E-state index is 12.9. The SMILES string of the molecule is CCOC(C)=O.COc1ccccc1Oc1c(NS(=O)(=O)C=Cc2ccccc2)nc(-c2ncccn2)nc1OC. The first-order chi connectivity index (χ1) is 19.8. The fourth-order valence-electron chi connectivity index (χ4n) is 3.16. The molecule has 0 fully saturated rings. The number of para-hydroxylation sites is 2. The van der Waals surface area contributed by atoms with Crippen LogP contribution in [0.3, 0.4) is 0 Å². The zero-order valence-electron chi connectivity index (χ0n) is 22.8. The molecule has 2 heterocycles. The molecule has 4 rings (SSSR count). The van der Waals surface area contributed by atoms with Gasteiger partial charge in [0.25, 0.3) is 15.9 Å². The zero-order chi connectivity index (χ0) is 29.7. The third kappa shape index (κ3) is 9.28. The van der Waals surface area contributed by atoms with Crippen LogP contribution in [0.25, 0.3) is 17.7 Å². The van der Waals surface area contributed by atoms with Gasteiger partial charge in [-0.25, -0.2) is 23.4 Å². The Balaban J connectivity index is 0.000000696. The Labute approximate surface area is 238 Å². The lowest BCUT2D eigenvalue weighted by Gasteiger charge is -2.16. The van der Waals surface area contributed by atoms with E-state index in [4.69, 9.17) is 14.2 Å². The summed E-state index contributed by atoms with van der Waals surface area (Å²) in [5.41, 5.74) is 0.710. The number of hydrogen-bond donors (Lipinski definition) is 1. The molecule has 0 saturated heterocycles. The minimum absolute atomic E-state index is 0.0295. The van der Waals surface area contributed by atoms with E-state index in [1.165, 1.54) is 39.6 Å². The normalized spacial score (nSPS) is 10.7. The molecule has 0 aliphatic heterocycles. The van der Waals surface area contributed by atoms with Gasteiger partial charge in [-0.05, 0) is 36.8 Å². The van der Waals surface area contributed by atoms with Crippen LogP contribution in [-0.2, 0) is 19.6 Å². The van der Waals surface area contributed by atoms with E-state index >= 15 is 0 Å². The van der Waals surface area contributed by atoms with Gasteiger partial charge in [-0.15, -0.1) is 0 Å². The van der Waals surface area contributed by atoms with E-state index in [-0.39, 0.29) is 35.1 Å². The average molecular weight is 580 g/mol. The van der Waals surface area contributed by atoms with Crippen LogP contribution >= 0.6 is 0 Å². The number of aromatic nitrogens is 4. The number of ether oxygens (including phenoxy) is 4. The van der Waals surface area contributed by atoms with E-state index in [0.717, 1.165) is 5.41 Å². The largest absolute Gasteiger partial charge is 0.493 e. The molecule has 0 aliphatic carbocycles. The molecule has 214 valence electrons. The van der Waals surface area contributed by atoms with Crippen LogP contribution in [-0.4, -0.2) is 55.1 Å². The van der Waals surface area contributed by atoms with E-state index in [0.29, 0.717) is 23.7 Å². The number of anilines is 1. The first kappa shape index (κ1) is 30.5. The van der Waals surface area contributed by atoms with Gasteiger partial charge in [0.05, 0.1) is 26.2 Å². The van der Waals surface area contributed by atoms with Gasteiger partial charge in [0.1, 0.15) is 0 Å². The molecular formula is C28H29N5O7S. The molecule has 0 bridgehead atoms. The number of esters is 1. The molecule has 0 aliphatic rings. The van der Waals surface area contributed by atoms with Crippen molar-refractivity contribution in [3.63, 3.8) is 0 Å². The number of sulfonamides is 1. The lowest BCUT2D eigenvalue weighted by atomic mass is 10.2. The van der Waals surface area contributed by atoms with Crippen LogP contribution < -0.4 is 18.9 Å². The zero-order valence-corrected chi connectivity index (χ0v) is 23.7. The number of nitrogens with zero attached hydrogens (tertiary/aromatic N) is 4. The maximum absolute atomic E-state index is 12.9. The van der Waals surface area contributed by atoms with Gasteiger partial charge in [0.15, 0.2) is 23.1 Å². The Morgan fingerprint density at radius 2 is 1.54 bits per heavy atom. The van der Waals surface area contributed by atoms with Crippen LogP contribution in [0.15, 0.2) is 78.5 Å². The topological polar surface area (TPSA) is 152 Å². The second-order valence-electron chi connectivity index (χ2n) is 7.84. The summed E-state index contributed by atoms with van der Waals surface area (Å²) in [4.78, 5) is 26.7. The van der Waals surface area contributed by atoms with Gasteiger partial charge in [-0.3, -0.25) is 9.52 Å². The Morgan fingerprint density at radius 3 is 2.12 bits per heavy atom. The molecule has 0 amide bonds. The van der Waals surface area contributed by atoms with Crippen molar-refractivity contribution in [2.45, 2.75) is 13.8 Å². The number of carbonyl (C=O) groups is 1. The predicted octanol–water partition coefficient (Wildman–Crippen LogP) is 4.73. The summed E-state index contributed by atoms with van der Waals surface area (Å²) in [5, 5.41) is 1.03. The highest BCUT2D eigenvalue weighted by Crippen LogP contribution is 2.40. The Kier molecular flexibility index (Phi) is 11.1. The molecule has 13 heteroatoms. The van der Waals surface area contributed by atoms with Crippen molar-refractivity contribution in [1.82, 2.24) is 19.9 Å². The first-order valence-electron chi connectivity index (χ1n) is 12.2. The lowest BCUT2D eigenvalue weighted by Crippen LogP contribution is -2.13. The number of nitrogens with one attached hydrogen (secondary N) is 1. The molecule has 0 unspecified atom stereocenters. The van der Waals surface area contributed by atoms with Crippen LogP contribution in [0.2, 0.25) is 0 Å². The molecule has 41 heavy (non-hydrogen) atoms. The van der Waals surface area contributed by atoms with Gasteiger partial charge < -0.3 is 18.9 Å². The molecule has 0 saturated carbocycles. The summed E-state index contributed by atoms with van der Waals surface area (Å²) in [6.45, 7) is 3.65. The van der Waals surface area contributed by atoms with E-state index in [2.05, 4.69) is 29.4 Å². The van der Waals surface area contributed by atoms with E-state index < -0.39 is 10.0 Å². The summed E-state index contributed by atoms with van der Waals surface area (Å²) in [7, 11) is -1.15. The Morgan fingerprint density at radius 1 is 0.878 bits per heavy atom. The highest BCUT2D eigenvalue weighted by atomic mass is 32.2. The summed E-state index contributed by atoms with van der Waals surface area (Å²) in [5.74, 6) is 0.477. The summed E-state index contributed by atoms with van der Waals surface area (Å²) < 4.78 is 49.4. The Hall–Kier alpha value is -5.04. The molecule has 12 nitrogen and oxygen atoms in total. The maximum Gasteiger partial charge on any atom is 0.302 e. The van der Waals surface area contributed by atoms with E-state index in [1.807, 2.05) is 6.07 Å². The molecule has 0 atom stereocenters. The fourth-order valence-corrected chi connectivity index (χ4v) is 3.97. The van der Waals surface area contributed by atoms with Crippen LogP contribution in [0.5, 0.6) is 23.1 Å². The highest BCUT2D eigenvalue weighted by molar-refractivity contribution is 7.95.